The van der Waals surface area contributed by atoms with Crippen LogP contribution in [0.2, 0.25) is 0 Å². The first kappa shape index (κ1) is 12.9. The van der Waals surface area contributed by atoms with Crippen LogP contribution in [-0.4, -0.2) is 24.7 Å². The van der Waals surface area contributed by atoms with Crippen LogP contribution in [0.5, 0.6) is 5.88 Å². The molecule has 4 nitrogen and oxygen atoms in total. The van der Waals surface area contributed by atoms with Crippen molar-refractivity contribution in [2.45, 2.75) is 32.1 Å². The molecular formula is C14H19NO3. The van der Waals surface area contributed by atoms with E-state index in [1.54, 1.807) is 19.2 Å². The maximum atomic E-state index is 11.8. The van der Waals surface area contributed by atoms with E-state index in [2.05, 4.69) is 4.98 Å². The molecule has 2 rings (SSSR count). The Labute approximate surface area is 107 Å². The van der Waals surface area contributed by atoms with Crippen molar-refractivity contribution in [3.63, 3.8) is 0 Å². The van der Waals surface area contributed by atoms with Crippen LogP contribution in [-0.2, 0) is 4.74 Å². The Hall–Kier alpha value is -1.58. The fourth-order valence-electron chi connectivity index (χ4n) is 2.25. The first-order valence-electron chi connectivity index (χ1n) is 6.47. The van der Waals surface area contributed by atoms with Gasteiger partial charge in [0.1, 0.15) is 0 Å². The summed E-state index contributed by atoms with van der Waals surface area (Å²) >= 11 is 0. The summed E-state index contributed by atoms with van der Waals surface area (Å²) in [6.45, 7) is 0.533. The minimum absolute atomic E-state index is 0.296. The number of ether oxygens (including phenoxy) is 2. The van der Waals surface area contributed by atoms with Crippen molar-refractivity contribution in [3.05, 3.63) is 23.9 Å². The minimum atomic E-state index is -0.296. The van der Waals surface area contributed by atoms with Crippen LogP contribution in [0, 0.1) is 5.92 Å². The molecule has 0 N–H and O–H groups in total. The first-order chi connectivity index (χ1) is 8.79. The molecule has 0 aromatic carbocycles. The molecule has 4 heteroatoms. The number of pyridine rings is 1. The van der Waals surface area contributed by atoms with Crippen molar-refractivity contribution >= 4 is 5.97 Å². The molecule has 0 saturated heterocycles. The first-order valence-corrected chi connectivity index (χ1v) is 6.47. The minimum Gasteiger partial charge on any atom is -0.481 e. The molecule has 0 unspecified atom stereocenters. The Balaban J connectivity index is 1.82. The largest absolute Gasteiger partial charge is 0.481 e. The highest BCUT2D eigenvalue weighted by Gasteiger charge is 2.16. The normalized spacial score (nSPS) is 16.3. The molecule has 0 bridgehead atoms. The maximum absolute atomic E-state index is 11.8. The zero-order valence-corrected chi connectivity index (χ0v) is 10.7. The van der Waals surface area contributed by atoms with Gasteiger partial charge in [-0.15, -0.1) is 0 Å². The number of carbonyl (C=O) groups excluding carboxylic acids is 1. The molecule has 0 amide bonds. The van der Waals surface area contributed by atoms with Gasteiger partial charge in [0.05, 0.1) is 19.3 Å². The van der Waals surface area contributed by atoms with Crippen molar-refractivity contribution in [3.8, 4) is 5.88 Å². The van der Waals surface area contributed by atoms with Crippen LogP contribution in [0.4, 0.5) is 0 Å². The molecule has 1 aromatic heterocycles. The van der Waals surface area contributed by atoms with E-state index in [4.69, 9.17) is 9.47 Å². The van der Waals surface area contributed by atoms with Gasteiger partial charge in [-0.25, -0.2) is 9.78 Å². The third-order valence-corrected chi connectivity index (χ3v) is 3.36. The molecule has 1 saturated carbocycles. The smallest absolute Gasteiger partial charge is 0.339 e. The topological polar surface area (TPSA) is 48.4 Å². The number of nitrogens with zero attached hydrogens (tertiary/aromatic N) is 1. The van der Waals surface area contributed by atoms with Gasteiger partial charge in [0.2, 0.25) is 5.88 Å². The Morgan fingerprint density at radius 2 is 2.11 bits per heavy atom. The zero-order valence-electron chi connectivity index (χ0n) is 10.7. The molecule has 0 radical (unpaired) electrons. The zero-order chi connectivity index (χ0) is 12.8. The number of aromatic nitrogens is 1. The summed E-state index contributed by atoms with van der Waals surface area (Å²) in [7, 11) is 1.55. The lowest BCUT2D eigenvalue weighted by Crippen LogP contribution is -2.16. The standard InChI is InChI=1S/C14H19NO3/c1-17-13-8-7-12(9-15-13)14(16)18-10-11-5-3-2-4-6-11/h7-9,11H,2-6,10H2,1H3. The van der Waals surface area contributed by atoms with Gasteiger partial charge in [0.25, 0.3) is 0 Å². The van der Waals surface area contributed by atoms with Crippen molar-refractivity contribution in [1.29, 1.82) is 0 Å². The lowest BCUT2D eigenvalue weighted by Gasteiger charge is -2.20. The number of hydrogen-bond donors (Lipinski definition) is 0. The van der Waals surface area contributed by atoms with Crippen molar-refractivity contribution in [2.75, 3.05) is 13.7 Å². The van der Waals surface area contributed by atoms with Crippen LogP contribution >= 0.6 is 0 Å². The lowest BCUT2D eigenvalue weighted by molar-refractivity contribution is 0.0409. The average molecular weight is 249 g/mol. The quantitative estimate of drug-likeness (QED) is 0.770. The summed E-state index contributed by atoms with van der Waals surface area (Å²) in [5.41, 5.74) is 0.478. The van der Waals surface area contributed by atoms with E-state index < -0.39 is 0 Å². The third kappa shape index (κ3) is 3.45. The van der Waals surface area contributed by atoms with Crippen molar-refractivity contribution in [1.82, 2.24) is 4.98 Å². The molecule has 0 atom stereocenters. The summed E-state index contributed by atoms with van der Waals surface area (Å²) in [6, 6.07) is 3.34. The van der Waals surface area contributed by atoms with Crippen LogP contribution in [0.15, 0.2) is 18.3 Å². The predicted octanol–water partition coefficient (Wildman–Crippen LogP) is 2.83. The number of carbonyl (C=O) groups is 1. The van der Waals surface area contributed by atoms with Crippen molar-refractivity contribution < 1.29 is 14.3 Å². The molecule has 1 heterocycles. The van der Waals surface area contributed by atoms with Crippen LogP contribution in [0.3, 0.4) is 0 Å². The van der Waals surface area contributed by atoms with Gasteiger partial charge in [0, 0.05) is 12.3 Å². The molecule has 1 aromatic rings. The van der Waals surface area contributed by atoms with Crippen LogP contribution < -0.4 is 4.74 Å². The molecule has 1 aliphatic rings. The molecule has 0 spiro atoms. The second-order valence-electron chi connectivity index (χ2n) is 4.69. The maximum Gasteiger partial charge on any atom is 0.339 e. The van der Waals surface area contributed by atoms with E-state index in [9.17, 15) is 4.79 Å². The molecule has 18 heavy (non-hydrogen) atoms. The Morgan fingerprint density at radius 1 is 1.33 bits per heavy atom. The predicted molar refractivity (Wildman–Crippen MR) is 67.6 cm³/mol. The highest BCUT2D eigenvalue weighted by atomic mass is 16.5. The van der Waals surface area contributed by atoms with Crippen molar-refractivity contribution in [2.24, 2.45) is 5.92 Å². The lowest BCUT2D eigenvalue weighted by atomic mass is 9.90. The van der Waals surface area contributed by atoms with E-state index in [1.165, 1.54) is 38.3 Å². The summed E-state index contributed by atoms with van der Waals surface area (Å²) in [6.07, 6.45) is 7.66. The van der Waals surface area contributed by atoms with E-state index in [-0.39, 0.29) is 5.97 Å². The van der Waals surface area contributed by atoms with E-state index >= 15 is 0 Å². The van der Waals surface area contributed by atoms with Gasteiger partial charge in [-0.2, -0.15) is 0 Å². The number of hydrogen-bond acceptors (Lipinski definition) is 4. The fourth-order valence-corrected chi connectivity index (χ4v) is 2.25. The Kier molecular flexibility index (Phi) is 4.56. The average Bonchev–Trinajstić information content (AvgIpc) is 2.46. The Morgan fingerprint density at radius 3 is 2.72 bits per heavy atom. The van der Waals surface area contributed by atoms with Crippen LogP contribution in [0.25, 0.3) is 0 Å². The van der Waals surface area contributed by atoms with Gasteiger partial charge in [-0.05, 0) is 24.8 Å². The van der Waals surface area contributed by atoms with Gasteiger partial charge in [-0.3, -0.25) is 0 Å². The molecular weight excluding hydrogens is 230 g/mol. The second kappa shape index (κ2) is 6.38. The van der Waals surface area contributed by atoms with Gasteiger partial charge in [0.15, 0.2) is 0 Å². The SMILES string of the molecule is COc1ccc(C(=O)OCC2CCCCC2)cn1. The van der Waals surface area contributed by atoms with Gasteiger partial charge in [-0.1, -0.05) is 19.3 Å². The van der Waals surface area contributed by atoms with E-state index in [0.717, 1.165) is 0 Å². The molecule has 0 aliphatic heterocycles. The van der Waals surface area contributed by atoms with Crippen LogP contribution in [0.1, 0.15) is 42.5 Å². The number of esters is 1. The highest BCUT2D eigenvalue weighted by molar-refractivity contribution is 5.89. The molecule has 1 aliphatic carbocycles. The van der Waals surface area contributed by atoms with Gasteiger partial charge >= 0.3 is 5.97 Å². The van der Waals surface area contributed by atoms with E-state index in [1.807, 2.05) is 0 Å². The number of methoxy groups -OCH3 is 1. The summed E-state index contributed by atoms with van der Waals surface area (Å²) in [4.78, 5) is 15.8. The third-order valence-electron chi connectivity index (χ3n) is 3.36. The molecule has 1 fully saturated rings. The fraction of sp³-hybridized carbons (Fsp3) is 0.571. The second-order valence-corrected chi connectivity index (χ2v) is 4.69. The van der Waals surface area contributed by atoms with Gasteiger partial charge < -0.3 is 9.47 Å². The Bertz CT molecular complexity index is 383. The summed E-state index contributed by atoms with van der Waals surface area (Å²) in [5, 5.41) is 0. The monoisotopic (exact) mass is 249 g/mol. The highest BCUT2D eigenvalue weighted by Crippen LogP contribution is 2.24. The molecule has 98 valence electrons. The summed E-state index contributed by atoms with van der Waals surface area (Å²) in [5.74, 6) is 0.739. The summed E-state index contributed by atoms with van der Waals surface area (Å²) < 4.78 is 10.3. The number of rotatable bonds is 4. The van der Waals surface area contributed by atoms with E-state index in [0.29, 0.717) is 24.0 Å².